The van der Waals surface area contributed by atoms with E-state index in [0.717, 1.165) is 5.69 Å². The molecule has 0 amide bonds. The third kappa shape index (κ3) is 2.57. The smallest absolute Gasteiger partial charge is 0.223 e. The molecule has 2 aromatic rings. The van der Waals surface area contributed by atoms with Gasteiger partial charge in [0.15, 0.2) is 0 Å². The summed E-state index contributed by atoms with van der Waals surface area (Å²) in [6.45, 7) is 4.06. The number of nitrogens with one attached hydrogen (secondary N) is 1. The largest absolute Gasteiger partial charge is 0.348 e. The van der Waals surface area contributed by atoms with Gasteiger partial charge in [-0.3, -0.25) is 0 Å². The number of aryl methyl sites for hydroxylation is 1. The van der Waals surface area contributed by atoms with Crippen molar-refractivity contribution in [3.63, 3.8) is 0 Å². The summed E-state index contributed by atoms with van der Waals surface area (Å²) in [6.07, 6.45) is 1.77. The van der Waals surface area contributed by atoms with E-state index >= 15 is 0 Å². The summed E-state index contributed by atoms with van der Waals surface area (Å²) in [5.74, 6) is 0.677. The Morgan fingerprint density at radius 1 is 1.12 bits per heavy atom. The summed E-state index contributed by atoms with van der Waals surface area (Å²) in [6, 6.07) is 12.4. The highest BCUT2D eigenvalue weighted by Crippen LogP contribution is 2.15. The molecule has 1 unspecified atom stereocenters. The Kier molecular flexibility index (Phi) is 3.15. The van der Waals surface area contributed by atoms with Crippen LogP contribution in [0.1, 0.15) is 24.2 Å². The van der Waals surface area contributed by atoms with E-state index in [1.54, 1.807) is 6.20 Å². The van der Waals surface area contributed by atoms with Crippen LogP contribution < -0.4 is 5.32 Å². The second-order valence-electron chi connectivity index (χ2n) is 3.80. The van der Waals surface area contributed by atoms with Crippen molar-refractivity contribution >= 4 is 5.95 Å². The summed E-state index contributed by atoms with van der Waals surface area (Å²) < 4.78 is 0. The fraction of sp³-hybridized carbons (Fsp3) is 0.231. The molecule has 0 fully saturated rings. The van der Waals surface area contributed by atoms with Gasteiger partial charge in [-0.15, -0.1) is 0 Å². The maximum atomic E-state index is 4.32. The topological polar surface area (TPSA) is 37.8 Å². The SMILES string of the molecule is Cc1ccnc(NC(C)c2ccccc2)n1. The minimum absolute atomic E-state index is 0.211. The van der Waals surface area contributed by atoms with Crippen LogP contribution in [-0.2, 0) is 0 Å². The highest BCUT2D eigenvalue weighted by molar-refractivity contribution is 5.31. The molecule has 0 saturated heterocycles. The summed E-state index contributed by atoms with van der Waals surface area (Å²) in [5, 5.41) is 3.28. The first kappa shape index (κ1) is 10.6. The van der Waals surface area contributed by atoms with Gasteiger partial charge in [-0.2, -0.15) is 0 Å². The first-order valence-electron chi connectivity index (χ1n) is 5.37. The Hall–Kier alpha value is -1.90. The van der Waals surface area contributed by atoms with Gasteiger partial charge >= 0.3 is 0 Å². The van der Waals surface area contributed by atoms with E-state index in [4.69, 9.17) is 0 Å². The Labute approximate surface area is 95.6 Å². The van der Waals surface area contributed by atoms with Crippen molar-refractivity contribution in [3.05, 3.63) is 53.9 Å². The van der Waals surface area contributed by atoms with Crippen LogP contribution in [-0.4, -0.2) is 9.97 Å². The van der Waals surface area contributed by atoms with Crippen LogP contribution in [0.25, 0.3) is 0 Å². The molecule has 0 aliphatic carbocycles. The van der Waals surface area contributed by atoms with E-state index < -0.39 is 0 Å². The lowest BCUT2D eigenvalue weighted by atomic mass is 10.1. The van der Waals surface area contributed by atoms with Gasteiger partial charge < -0.3 is 5.32 Å². The Morgan fingerprint density at radius 2 is 1.88 bits per heavy atom. The number of hydrogen-bond acceptors (Lipinski definition) is 3. The number of hydrogen-bond donors (Lipinski definition) is 1. The second kappa shape index (κ2) is 4.75. The maximum Gasteiger partial charge on any atom is 0.223 e. The van der Waals surface area contributed by atoms with Crippen molar-refractivity contribution in [2.75, 3.05) is 5.32 Å². The first-order chi connectivity index (χ1) is 7.75. The Balaban J connectivity index is 2.11. The van der Waals surface area contributed by atoms with Gasteiger partial charge in [-0.05, 0) is 25.5 Å². The molecule has 0 radical (unpaired) electrons. The lowest BCUT2D eigenvalue weighted by Crippen LogP contribution is -2.09. The van der Waals surface area contributed by atoms with Gasteiger partial charge in [0, 0.05) is 11.9 Å². The molecule has 16 heavy (non-hydrogen) atoms. The first-order valence-corrected chi connectivity index (χ1v) is 5.37. The van der Waals surface area contributed by atoms with Crippen molar-refractivity contribution in [1.29, 1.82) is 0 Å². The maximum absolute atomic E-state index is 4.32. The van der Waals surface area contributed by atoms with Crippen LogP contribution in [0.5, 0.6) is 0 Å². The lowest BCUT2D eigenvalue weighted by Gasteiger charge is -2.13. The van der Waals surface area contributed by atoms with Gasteiger partial charge in [0.1, 0.15) is 0 Å². The number of benzene rings is 1. The predicted molar refractivity (Wildman–Crippen MR) is 65.2 cm³/mol. The molecule has 0 aliphatic rings. The minimum atomic E-state index is 0.211. The molecule has 3 nitrogen and oxygen atoms in total. The van der Waals surface area contributed by atoms with Crippen molar-refractivity contribution in [3.8, 4) is 0 Å². The molecule has 2 rings (SSSR count). The second-order valence-corrected chi connectivity index (χ2v) is 3.80. The molecule has 0 spiro atoms. The normalized spacial score (nSPS) is 12.1. The van der Waals surface area contributed by atoms with Crippen molar-refractivity contribution in [2.45, 2.75) is 19.9 Å². The van der Waals surface area contributed by atoms with Crippen LogP contribution in [0, 0.1) is 6.92 Å². The van der Waals surface area contributed by atoms with Crippen LogP contribution in [0.2, 0.25) is 0 Å². The van der Waals surface area contributed by atoms with Crippen LogP contribution in [0.3, 0.4) is 0 Å². The molecule has 0 aliphatic heterocycles. The van der Waals surface area contributed by atoms with E-state index in [1.165, 1.54) is 5.56 Å². The summed E-state index contributed by atoms with van der Waals surface area (Å²) in [5.41, 5.74) is 2.20. The molecule has 0 bridgehead atoms. The highest BCUT2D eigenvalue weighted by Gasteiger charge is 2.05. The molecule has 1 N–H and O–H groups in total. The summed E-state index contributed by atoms with van der Waals surface area (Å²) in [4.78, 5) is 8.50. The number of rotatable bonds is 3. The molecular weight excluding hydrogens is 198 g/mol. The summed E-state index contributed by atoms with van der Waals surface area (Å²) >= 11 is 0. The molecule has 0 saturated carbocycles. The van der Waals surface area contributed by atoms with E-state index in [1.807, 2.05) is 31.2 Å². The fourth-order valence-electron chi connectivity index (χ4n) is 1.54. The molecule has 1 heterocycles. The van der Waals surface area contributed by atoms with Crippen molar-refractivity contribution in [1.82, 2.24) is 9.97 Å². The molecule has 1 atom stereocenters. The van der Waals surface area contributed by atoms with Gasteiger partial charge in [0.2, 0.25) is 5.95 Å². The monoisotopic (exact) mass is 213 g/mol. The zero-order valence-corrected chi connectivity index (χ0v) is 9.51. The fourth-order valence-corrected chi connectivity index (χ4v) is 1.54. The van der Waals surface area contributed by atoms with E-state index in [0.29, 0.717) is 5.95 Å². The van der Waals surface area contributed by atoms with E-state index in [-0.39, 0.29) is 6.04 Å². The van der Waals surface area contributed by atoms with Crippen molar-refractivity contribution in [2.24, 2.45) is 0 Å². The quantitative estimate of drug-likeness (QED) is 0.851. The molecule has 1 aromatic carbocycles. The van der Waals surface area contributed by atoms with Gasteiger partial charge in [0.05, 0.1) is 6.04 Å². The van der Waals surface area contributed by atoms with Gasteiger partial charge in [0.25, 0.3) is 0 Å². The summed E-state index contributed by atoms with van der Waals surface area (Å²) in [7, 11) is 0. The molecule has 1 aromatic heterocycles. The Bertz CT molecular complexity index is 454. The van der Waals surface area contributed by atoms with Crippen LogP contribution >= 0.6 is 0 Å². The zero-order valence-electron chi connectivity index (χ0n) is 9.51. The van der Waals surface area contributed by atoms with E-state index in [9.17, 15) is 0 Å². The van der Waals surface area contributed by atoms with Crippen LogP contribution in [0.15, 0.2) is 42.6 Å². The molecular formula is C13H15N3. The third-order valence-electron chi connectivity index (χ3n) is 2.44. The Morgan fingerprint density at radius 3 is 2.56 bits per heavy atom. The molecule has 82 valence electrons. The predicted octanol–water partition coefficient (Wildman–Crippen LogP) is 2.96. The van der Waals surface area contributed by atoms with E-state index in [2.05, 4.69) is 34.3 Å². The minimum Gasteiger partial charge on any atom is -0.348 e. The van der Waals surface area contributed by atoms with Crippen LogP contribution in [0.4, 0.5) is 5.95 Å². The number of nitrogens with zero attached hydrogens (tertiary/aromatic N) is 2. The lowest BCUT2D eigenvalue weighted by molar-refractivity contribution is 0.857. The molecule has 3 heteroatoms. The number of anilines is 1. The average Bonchev–Trinajstić information content (AvgIpc) is 2.30. The van der Waals surface area contributed by atoms with Gasteiger partial charge in [-0.25, -0.2) is 9.97 Å². The van der Waals surface area contributed by atoms with Crippen molar-refractivity contribution < 1.29 is 0 Å². The highest BCUT2D eigenvalue weighted by atomic mass is 15.1. The zero-order chi connectivity index (χ0) is 11.4. The van der Waals surface area contributed by atoms with Gasteiger partial charge in [-0.1, -0.05) is 30.3 Å². The average molecular weight is 213 g/mol. The standard InChI is InChI=1S/C13H15N3/c1-10-8-9-14-13(15-10)16-11(2)12-6-4-3-5-7-12/h3-9,11H,1-2H3,(H,14,15,16). The number of aromatic nitrogens is 2. The third-order valence-corrected chi connectivity index (χ3v) is 2.44.